The molecule has 1 spiro atoms. The Bertz CT molecular complexity index is 1340. The predicted molar refractivity (Wildman–Crippen MR) is 140 cm³/mol. The van der Waals surface area contributed by atoms with Crippen molar-refractivity contribution in [3.05, 3.63) is 82.7 Å². The zero-order valence-electron chi connectivity index (χ0n) is 19.9. The molecule has 0 radical (unpaired) electrons. The summed E-state index contributed by atoms with van der Waals surface area (Å²) >= 11 is 1.28. The molecule has 2 aromatic carbocycles. The summed E-state index contributed by atoms with van der Waals surface area (Å²) in [4.78, 5) is 31.7. The number of benzene rings is 2. The third kappa shape index (κ3) is 4.41. The number of thioether (sulfide) groups is 1. The maximum Gasteiger partial charge on any atom is 0.258 e. The molecule has 1 fully saturated rings. The second-order valence-electron chi connectivity index (χ2n) is 9.21. The van der Waals surface area contributed by atoms with Crippen molar-refractivity contribution in [2.45, 2.75) is 49.2 Å². The standard InChI is InChI=1S/C28H29N3O3S/c1-3-15-31-26(33)24-25(22-12-5-4-9-19(22)17-28(24)13-6-7-14-28)30-27(31)35-18-23(32)29-20-10-8-11-21(16-20)34-2/h3-5,8-12,16H,1,6-7,13-15,17-18H2,2H3,(H,29,32). The molecule has 0 atom stereocenters. The molecule has 6 nitrogen and oxygen atoms in total. The van der Waals surface area contributed by atoms with Crippen LogP contribution in [-0.2, 0) is 23.2 Å². The van der Waals surface area contributed by atoms with Gasteiger partial charge in [-0.15, -0.1) is 6.58 Å². The highest BCUT2D eigenvalue weighted by Gasteiger charge is 2.44. The third-order valence-corrected chi connectivity index (χ3v) is 8.00. The number of hydrogen-bond acceptors (Lipinski definition) is 5. The summed E-state index contributed by atoms with van der Waals surface area (Å²) in [5.74, 6) is 0.631. The second kappa shape index (κ2) is 9.74. The van der Waals surface area contributed by atoms with Gasteiger partial charge in [0.25, 0.3) is 5.56 Å². The van der Waals surface area contributed by atoms with Crippen LogP contribution in [0.5, 0.6) is 5.75 Å². The van der Waals surface area contributed by atoms with Crippen LogP contribution in [0.3, 0.4) is 0 Å². The Morgan fingerprint density at radius 2 is 2.03 bits per heavy atom. The van der Waals surface area contributed by atoms with E-state index in [0.29, 0.717) is 23.1 Å². The van der Waals surface area contributed by atoms with Crippen LogP contribution in [0.15, 0.2) is 71.1 Å². The fourth-order valence-corrected chi connectivity index (χ4v) is 6.27. The van der Waals surface area contributed by atoms with Gasteiger partial charge in [0.2, 0.25) is 5.91 Å². The number of amides is 1. The summed E-state index contributed by atoms with van der Waals surface area (Å²) in [5, 5.41) is 3.44. The van der Waals surface area contributed by atoms with E-state index in [0.717, 1.165) is 48.9 Å². The normalized spacial score (nSPS) is 15.3. The molecule has 1 saturated carbocycles. The minimum absolute atomic E-state index is 0.00186. The number of carbonyl (C=O) groups excluding carboxylic acids is 1. The molecule has 0 aliphatic heterocycles. The summed E-state index contributed by atoms with van der Waals surface area (Å²) < 4.78 is 6.91. The minimum Gasteiger partial charge on any atom is -0.497 e. The number of nitrogens with zero attached hydrogens (tertiary/aromatic N) is 2. The van der Waals surface area contributed by atoms with Crippen molar-refractivity contribution in [3.8, 4) is 17.0 Å². The number of nitrogens with one attached hydrogen (secondary N) is 1. The first kappa shape index (κ1) is 23.4. The van der Waals surface area contributed by atoms with Crippen LogP contribution in [0.25, 0.3) is 11.3 Å². The maximum absolute atomic E-state index is 13.9. The van der Waals surface area contributed by atoms with Crippen molar-refractivity contribution in [1.82, 2.24) is 9.55 Å². The molecular weight excluding hydrogens is 458 g/mol. The Kier molecular flexibility index (Phi) is 6.52. The quantitative estimate of drug-likeness (QED) is 0.282. The number of allylic oxidation sites excluding steroid dienone is 1. The van der Waals surface area contributed by atoms with E-state index < -0.39 is 0 Å². The van der Waals surface area contributed by atoms with Crippen LogP contribution in [0, 0.1) is 0 Å². The minimum atomic E-state index is -0.173. The first-order chi connectivity index (χ1) is 17.0. The van der Waals surface area contributed by atoms with Crippen LogP contribution >= 0.6 is 11.8 Å². The Hall–Kier alpha value is -3.32. The fourth-order valence-electron chi connectivity index (χ4n) is 5.47. The predicted octanol–water partition coefficient (Wildman–Crippen LogP) is 5.20. The van der Waals surface area contributed by atoms with Gasteiger partial charge >= 0.3 is 0 Å². The van der Waals surface area contributed by atoms with Crippen molar-refractivity contribution in [1.29, 1.82) is 0 Å². The lowest BCUT2D eigenvalue weighted by Gasteiger charge is -2.36. The topological polar surface area (TPSA) is 73.2 Å². The number of ether oxygens (including phenoxy) is 1. The van der Waals surface area contributed by atoms with Gasteiger partial charge in [-0.2, -0.15) is 0 Å². The Morgan fingerprint density at radius 1 is 1.23 bits per heavy atom. The molecule has 0 saturated heterocycles. The highest BCUT2D eigenvalue weighted by atomic mass is 32.2. The SMILES string of the molecule is C=CCn1c(SCC(=O)Nc2cccc(OC)c2)nc2c(c1=O)C1(CCCC1)Cc1ccccc1-2. The third-order valence-electron chi connectivity index (χ3n) is 7.02. The van der Waals surface area contributed by atoms with Gasteiger partial charge in [-0.3, -0.25) is 14.2 Å². The summed E-state index contributed by atoms with van der Waals surface area (Å²) in [5.41, 5.74) is 4.43. The Balaban J connectivity index is 1.50. The molecule has 1 N–H and O–H groups in total. The lowest BCUT2D eigenvalue weighted by Crippen LogP contribution is -2.40. The van der Waals surface area contributed by atoms with Crippen molar-refractivity contribution in [3.63, 3.8) is 0 Å². The van der Waals surface area contributed by atoms with Gasteiger partial charge in [0.15, 0.2) is 5.16 Å². The molecule has 1 heterocycles. The van der Waals surface area contributed by atoms with Crippen LogP contribution in [-0.4, -0.2) is 28.3 Å². The average Bonchev–Trinajstić information content (AvgIpc) is 3.33. The van der Waals surface area contributed by atoms with Gasteiger partial charge < -0.3 is 10.1 Å². The van der Waals surface area contributed by atoms with Crippen LogP contribution < -0.4 is 15.6 Å². The molecular formula is C28H29N3O3S. The van der Waals surface area contributed by atoms with Crippen molar-refractivity contribution in [2.24, 2.45) is 0 Å². The van der Waals surface area contributed by atoms with Gasteiger partial charge in [0, 0.05) is 29.3 Å². The molecule has 0 unspecified atom stereocenters. The van der Waals surface area contributed by atoms with Crippen LogP contribution in [0.4, 0.5) is 5.69 Å². The van der Waals surface area contributed by atoms with Gasteiger partial charge in [0.1, 0.15) is 5.75 Å². The lowest BCUT2D eigenvalue weighted by atomic mass is 9.68. The molecule has 2 aliphatic rings. The van der Waals surface area contributed by atoms with E-state index >= 15 is 0 Å². The van der Waals surface area contributed by atoms with Gasteiger partial charge in [-0.25, -0.2) is 4.98 Å². The first-order valence-corrected chi connectivity index (χ1v) is 12.9. The number of aromatic nitrogens is 2. The molecule has 5 rings (SSSR count). The zero-order valence-corrected chi connectivity index (χ0v) is 20.7. The van der Waals surface area contributed by atoms with Crippen molar-refractivity contribution >= 4 is 23.4 Å². The Morgan fingerprint density at radius 3 is 2.80 bits per heavy atom. The summed E-state index contributed by atoms with van der Waals surface area (Å²) in [6.07, 6.45) is 6.88. The smallest absolute Gasteiger partial charge is 0.258 e. The summed E-state index contributed by atoms with van der Waals surface area (Å²) in [6.45, 7) is 4.21. The summed E-state index contributed by atoms with van der Waals surface area (Å²) in [6, 6.07) is 15.5. The molecule has 1 aromatic heterocycles. The van der Waals surface area contributed by atoms with E-state index in [1.165, 1.54) is 17.3 Å². The number of carbonyl (C=O) groups is 1. The molecule has 35 heavy (non-hydrogen) atoms. The van der Waals surface area contributed by atoms with Gasteiger partial charge in [0.05, 0.1) is 24.1 Å². The maximum atomic E-state index is 13.9. The van der Waals surface area contributed by atoms with E-state index in [4.69, 9.17) is 9.72 Å². The van der Waals surface area contributed by atoms with Gasteiger partial charge in [-0.1, -0.05) is 61.0 Å². The number of anilines is 1. The van der Waals surface area contributed by atoms with E-state index in [9.17, 15) is 9.59 Å². The number of methoxy groups -OCH3 is 1. The largest absolute Gasteiger partial charge is 0.497 e. The van der Waals surface area contributed by atoms with Gasteiger partial charge in [-0.05, 0) is 37.0 Å². The fraction of sp³-hybridized carbons (Fsp3) is 0.321. The molecule has 3 aromatic rings. The average molecular weight is 488 g/mol. The van der Waals surface area contributed by atoms with E-state index in [1.807, 2.05) is 24.3 Å². The number of rotatable bonds is 7. The van der Waals surface area contributed by atoms with Crippen molar-refractivity contribution < 1.29 is 9.53 Å². The van der Waals surface area contributed by atoms with E-state index in [-0.39, 0.29) is 22.6 Å². The molecule has 0 bridgehead atoms. The van der Waals surface area contributed by atoms with E-state index in [1.54, 1.807) is 23.8 Å². The highest BCUT2D eigenvalue weighted by molar-refractivity contribution is 7.99. The second-order valence-corrected chi connectivity index (χ2v) is 10.2. The van der Waals surface area contributed by atoms with E-state index in [2.05, 4.69) is 30.1 Å². The zero-order chi connectivity index (χ0) is 24.4. The highest BCUT2D eigenvalue weighted by Crippen LogP contribution is 2.49. The van der Waals surface area contributed by atoms with Crippen molar-refractivity contribution in [2.75, 3.05) is 18.2 Å². The number of fused-ring (bicyclic) bond motifs is 4. The monoisotopic (exact) mass is 487 g/mol. The molecule has 7 heteroatoms. The summed E-state index contributed by atoms with van der Waals surface area (Å²) in [7, 11) is 1.59. The Labute approximate surface area is 209 Å². The van der Waals surface area contributed by atoms with Crippen LogP contribution in [0.1, 0.15) is 36.8 Å². The molecule has 2 aliphatic carbocycles. The lowest BCUT2D eigenvalue weighted by molar-refractivity contribution is -0.113. The molecule has 1 amide bonds. The van der Waals surface area contributed by atoms with Crippen LogP contribution in [0.2, 0.25) is 0 Å². The first-order valence-electron chi connectivity index (χ1n) is 12.0. The number of hydrogen-bond donors (Lipinski definition) is 1. The molecule has 180 valence electrons.